The third-order valence-corrected chi connectivity index (χ3v) is 4.83. The van der Waals surface area contributed by atoms with Crippen LogP contribution in [0.15, 0.2) is 36.9 Å². The van der Waals surface area contributed by atoms with E-state index in [-0.39, 0.29) is 5.91 Å². The normalized spacial score (nSPS) is 15.9. The maximum absolute atomic E-state index is 11.7. The molecule has 1 fully saturated rings. The molecule has 1 aromatic carbocycles. The van der Waals surface area contributed by atoms with Gasteiger partial charge in [0.1, 0.15) is 0 Å². The van der Waals surface area contributed by atoms with Crippen molar-refractivity contribution in [1.82, 2.24) is 15.2 Å². The number of nitrogens with one attached hydrogen (secondary N) is 1. The van der Waals surface area contributed by atoms with Gasteiger partial charge in [-0.1, -0.05) is 29.5 Å². The quantitative estimate of drug-likeness (QED) is 0.854. The standard InChI is InChI=1S/C16H20N4OS/c1-2-7-17-15(21)12-19-8-10-20(11-9-19)16-18-13-5-3-4-6-14(13)22-16/h2-6H,1,7-12H2,(H,17,21). The van der Waals surface area contributed by atoms with E-state index < -0.39 is 0 Å². The second-order valence-electron chi connectivity index (χ2n) is 5.32. The fraction of sp³-hybridized carbons (Fsp3) is 0.375. The molecule has 1 aliphatic rings. The molecule has 1 amide bonds. The third kappa shape index (κ3) is 3.45. The molecule has 0 bridgehead atoms. The van der Waals surface area contributed by atoms with Crippen LogP contribution in [0, 0.1) is 0 Å². The largest absolute Gasteiger partial charge is 0.352 e. The summed E-state index contributed by atoms with van der Waals surface area (Å²) in [5.41, 5.74) is 1.06. The SMILES string of the molecule is C=CCNC(=O)CN1CCN(c2nc3ccccc3s2)CC1. The Hall–Kier alpha value is -1.92. The summed E-state index contributed by atoms with van der Waals surface area (Å²) in [5, 5.41) is 3.90. The Labute approximate surface area is 134 Å². The summed E-state index contributed by atoms with van der Waals surface area (Å²) >= 11 is 1.74. The van der Waals surface area contributed by atoms with Gasteiger partial charge in [-0.2, -0.15) is 0 Å². The van der Waals surface area contributed by atoms with Gasteiger partial charge in [-0.3, -0.25) is 9.69 Å². The molecule has 0 unspecified atom stereocenters. The molecule has 0 radical (unpaired) electrons. The van der Waals surface area contributed by atoms with Gasteiger partial charge in [-0.25, -0.2) is 4.98 Å². The number of benzene rings is 1. The van der Waals surface area contributed by atoms with E-state index in [0.717, 1.165) is 36.8 Å². The number of para-hydroxylation sites is 1. The van der Waals surface area contributed by atoms with Gasteiger partial charge >= 0.3 is 0 Å². The van der Waals surface area contributed by atoms with Crippen LogP contribution in [0.2, 0.25) is 0 Å². The van der Waals surface area contributed by atoms with Gasteiger partial charge in [0.25, 0.3) is 0 Å². The summed E-state index contributed by atoms with van der Waals surface area (Å²) in [6.07, 6.45) is 1.70. The van der Waals surface area contributed by atoms with Crippen molar-refractivity contribution >= 4 is 32.6 Å². The van der Waals surface area contributed by atoms with Crippen molar-refractivity contribution in [2.75, 3.05) is 44.2 Å². The second kappa shape index (κ2) is 6.89. The number of aromatic nitrogens is 1. The maximum Gasteiger partial charge on any atom is 0.234 e. The molecule has 0 aliphatic carbocycles. The predicted octanol–water partition coefficient (Wildman–Crippen LogP) is 1.72. The summed E-state index contributed by atoms with van der Waals surface area (Å²) in [4.78, 5) is 20.9. The topological polar surface area (TPSA) is 48.5 Å². The molecule has 22 heavy (non-hydrogen) atoms. The van der Waals surface area contributed by atoms with E-state index in [1.165, 1.54) is 4.70 Å². The monoisotopic (exact) mass is 316 g/mol. The summed E-state index contributed by atoms with van der Waals surface area (Å²) in [7, 11) is 0. The number of rotatable bonds is 5. The molecular weight excluding hydrogens is 296 g/mol. The Morgan fingerprint density at radius 1 is 1.32 bits per heavy atom. The Balaban J connectivity index is 1.55. The molecule has 3 rings (SSSR count). The first kappa shape index (κ1) is 15.0. The number of hydrogen-bond donors (Lipinski definition) is 1. The smallest absolute Gasteiger partial charge is 0.234 e. The van der Waals surface area contributed by atoms with E-state index in [0.29, 0.717) is 13.1 Å². The van der Waals surface area contributed by atoms with Gasteiger partial charge in [0.15, 0.2) is 5.13 Å². The zero-order valence-corrected chi connectivity index (χ0v) is 13.3. The van der Waals surface area contributed by atoms with Crippen molar-refractivity contribution in [3.05, 3.63) is 36.9 Å². The average molecular weight is 316 g/mol. The lowest BCUT2D eigenvalue weighted by Gasteiger charge is -2.34. The first-order valence-corrected chi connectivity index (χ1v) is 8.28. The number of nitrogens with zero attached hydrogens (tertiary/aromatic N) is 3. The lowest BCUT2D eigenvalue weighted by molar-refractivity contribution is -0.122. The molecule has 1 N–H and O–H groups in total. The van der Waals surface area contributed by atoms with Gasteiger partial charge in [-0.15, -0.1) is 6.58 Å². The predicted molar refractivity (Wildman–Crippen MR) is 91.5 cm³/mol. The van der Waals surface area contributed by atoms with Crippen LogP contribution in [0.4, 0.5) is 5.13 Å². The Bertz CT molecular complexity index is 628. The maximum atomic E-state index is 11.7. The molecule has 5 nitrogen and oxygen atoms in total. The Morgan fingerprint density at radius 2 is 2.09 bits per heavy atom. The van der Waals surface area contributed by atoms with Gasteiger partial charge in [0.05, 0.1) is 16.8 Å². The Morgan fingerprint density at radius 3 is 2.82 bits per heavy atom. The molecule has 2 aromatic rings. The van der Waals surface area contributed by atoms with Crippen LogP contribution in [-0.2, 0) is 4.79 Å². The number of carbonyl (C=O) groups excluding carboxylic acids is 1. The Kier molecular flexibility index (Phi) is 4.70. The first-order valence-electron chi connectivity index (χ1n) is 7.47. The minimum Gasteiger partial charge on any atom is -0.352 e. The molecule has 0 saturated carbocycles. The molecule has 1 aliphatic heterocycles. The van der Waals surface area contributed by atoms with Crippen molar-refractivity contribution in [3.63, 3.8) is 0 Å². The fourth-order valence-electron chi connectivity index (χ4n) is 2.54. The molecule has 116 valence electrons. The average Bonchev–Trinajstić information content (AvgIpc) is 2.97. The van der Waals surface area contributed by atoms with Crippen LogP contribution in [0.5, 0.6) is 0 Å². The summed E-state index contributed by atoms with van der Waals surface area (Å²) < 4.78 is 1.23. The van der Waals surface area contributed by atoms with Gasteiger partial charge < -0.3 is 10.2 Å². The number of amides is 1. The van der Waals surface area contributed by atoms with Gasteiger partial charge in [0.2, 0.25) is 5.91 Å². The molecular formula is C16H20N4OS. The minimum absolute atomic E-state index is 0.0633. The lowest BCUT2D eigenvalue weighted by atomic mass is 10.3. The summed E-state index contributed by atoms with van der Waals surface area (Å²) in [5.74, 6) is 0.0633. The van der Waals surface area contributed by atoms with Crippen molar-refractivity contribution in [1.29, 1.82) is 0 Å². The highest BCUT2D eigenvalue weighted by Crippen LogP contribution is 2.28. The van der Waals surface area contributed by atoms with Crippen molar-refractivity contribution < 1.29 is 4.79 Å². The van der Waals surface area contributed by atoms with Crippen LogP contribution in [0.3, 0.4) is 0 Å². The van der Waals surface area contributed by atoms with Gasteiger partial charge in [-0.05, 0) is 12.1 Å². The second-order valence-corrected chi connectivity index (χ2v) is 6.33. The molecule has 2 heterocycles. The van der Waals surface area contributed by atoms with Crippen molar-refractivity contribution in [2.45, 2.75) is 0 Å². The number of thiazole rings is 1. The summed E-state index contributed by atoms with van der Waals surface area (Å²) in [6, 6.07) is 8.22. The molecule has 0 atom stereocenters. The third-order valence-electron chi connectivity index (χ3n) is 3.74. The van der Waals surface area contributed by atoms with E-state index in [2.05, 4.69) is 33.8 Å². The highest BCUT2D eigenvalue weighted by Gasteiger charge is 2.21. The number of hydrogen-bond acceptors (Lipinski definition) is 5. The van der Waals surface area contributed by atoms with E-state index in [4.69, 9.17) is 4.98 Å². The van der Waals surface area contributed by atoms with E-state index in [9.17, 15) is 4.79 Å². The van der Waals surface area contributed by atoms with Crippen LogP contribution < -0.4 is 10.2 Å². The fourth-order valence-corrected chi connectivity index (χ4v) is 3.55. The number of carbonyl (C=O) groups is 1. The summed E-state index contributed by atoms with van der Waals surface area (Å²) in [6.45, 7) is 8.19. The van der Waals surface area contributed by atoms with Crippen LogP contribution in [-0.4, -0.2) is 55.1 Å². The van der Waals surface area contributed by atoms with Crippen LogP contribution in [0.25, 0.3) is 10.2 Å². The molecule has 1 saturated heterocycles. The number of piperazine rings is 1. The van der Waals surface area contributed by atoms with Crippen LogP contribution in [0.1, 0.15) is 0 Å². The van der Waals surface area contributed by atoms with Gasteiger partial charge in [0, 0.05) is 32.7 Å². The minimum atomic E-state index is 0.0633. The zero-order chi connectivity index (χ0) is 15.4. The molecule has 6 heteroatoms. The number of fused-ring (bicyclic) bond motifs is 1. The van der Waals surface area contributed by atoms with E-state index >= 15 is 0 Å². The number of anilines is 1. The first-order chi connectivity index (χ1) is 10.8. The van der Waals surface area contributed by atoms with Crippen molar-refractivity contribution in [3.8, 4) is 0 Å². The molecule has 1 aromatic heterocycles. The van der Waals surface area contributed by atoms with Crippen molar-refractivity contribution in [2.24, 2.45) is 0 Å². The lowest BCUT2D eigenvalue weighted by Crippen LogP contribution is -2.49. The van der Waals surface area contributed by atoms with E-state index in [1.807, 2.05) is 12.1 Å². The van der Waals surface area contributed by atoms with Crippen LogP contribution >= 0.6 is 11.3 Å². The van der Waals surface area contributed by atoms with E-state index in [1.54, 1.807) is 17.4 Å². The molecule has 0 spiro atoms. The highest BCUT2D eigenvalue weighted by atomic mass is 32.1. The highest BCUT2D eigenvalue weighted by molar-refractivity contribution is 7.22. The zero-order valence-electron chi connectivity index (χ0n) is 12.5.